The molecule has 0 spiro atoms. The summed E-state index contributed by atoms with van der Waals surface area (Å²) in [6.07, 6.45) is 2.08. The number of hydrogen-bond acceptors (Lipinski definition) is 4. The lowest BCUT2D eigenvalue weighted by Crippen LogP contribution is -2.32. The van der Waals surface area contributed by atoms with Crippen molar-refractivity contribution in [2.75, 3.05) is 38.1 Å². The van der Waals surface area contributed by atoms with Gasteiger partial charge in [-0.05, 0) is 68.5 Å². The first-order valence-electron chi connectivity index (χ1n) is 11.2. The molecule has 0 atom stereocenters. The number of aromatic nitrogens is 1. The maximum absolute atomic E-state index is 12.3. The van der Waals surface area contributed by atoms with Crippen molar-refractivity contribution in [3.63, 3.8) is 0 Å². The zero-order chi connectivity index (χ0) is 22.9. The monoisotopic (exact) mass is 436 g/mol. The van der Waals surface area contributed by atoms with Crippen molar-refractivity contribution >= 4 is 28.4 Å². The third kappa shape index (κ3) is 6.11. The summed E-state index contributed by atoms with van der Waals surface area (Å²) in [6, 6.07) is 14.8. The van der Waals surface area contributed by atoms with Gasteiger partial charge in [-0.15, -0.1) is 0 Å². The van der Waals surface area contributed by atoms with Crippen molar-refractivity contribution in [1.29, 1.82) is 0 Å². The summed E-state index contributed by atoms with van der Waals surface area (Å²) in [5.74, 6) is 0.132. The molecule has 0 aliphatic carbocycles. The molecule has 0 bridgehead atoms. The van der Waals surface area contributed by atoms with Crippen LogP contribution >= 0.6 is 0 Å². The average Bonchev–Trinajstić information content (AvgIpc) is 3.21. The van der Waals surface area contributed by atoms with E-state index in [-0.39, 0.29) is 18.4 Å². The first-order chi connectivity index (χ1) is 15.5. The van der Waals surface area contributed by atoms with Crippen molar-refractivity contribution in [3.8, 4) is 5.75 Å². The molecule has 3 aromatic rings. The second-order valence-electron chi connectivity index (χ2n) is 7.50. The van der Waals surface area contributed by atoms with Crippen LogP contribution in [0.1, 0.15) is 31.1 Å². The molecule has 0 unspecified atom stereocenters. The van der Waals surface area contributed by atoms with E-state index in [1.54, 1.807) is 24.3 Å². The fourth-order valence-electron chi connectivity index (χ4n) is 3.60. The van der Waals surface area contributed by atoms with Crippen LogP contribution in [-0.4, -0.2) is 54.1 Å². The Hall–Kier alpha value is -3.32. The van der Waals surface area contributed by atoms with E-state index in [0.29, 0.717) is 23.6 Å². The summed E-state index contributed by atoms with van der Waals surface area (Å²) in [7, 11) is 0. The molecule has 0 aliphatic heterocycles. The molecule has 2 amide bonds. The summed E-state index contributed by atoms with van der Waals surface area (Å²) in [5, 5.41) is 6.57. The number of anilines is 1. The minimum absolute atomic E-state index is 0.102. The molecule has 0 fully saturated rings. The molecule has 2 aromatic carbocycles. The van der Waals surface area contributed by atoms with Gasteiger partial charge < -0.3 is 24.8 Å². The smallest absolute Gasteiger partial charge is 0.251 e. The Kier molecular flexibility index (Phi) is 8.27. The molecule has 0 saturated heterocycles. The molecular formula is C25H32N4O3. The van der Waals surface area contributed by atoms with E-state index in [4.69, 9.17) is 4.74 Å². The van der Waals surface area contributed by atoms with Crippen molar-refractivity contribution in [3.05, 3.63) is 60.3 Å². The lowest BCUT2D eigenvalue weighted by Gasteiger charge is -2.18. The number of benzene rings is 2. The van der Waals surface area contributed by atoms with Crippen LogP contribution < -0.4 is 15.4 Å². The fraction of sp³-hybridized carbons (Fsp3) is 0.360. The van der Waals surface area contributed by atoms with Gasteiger partial charge in [-0.1, -0.05) is 13.8 Å². The van der Waals surface area contributed by atoms with Gasteiger partial charge in [0.15, 0.2) is 0 Å². The van der Waals surface area contributed by atoms with E-state index in [1.165, 1.54) is 0 Å². The number of carbonyl (C=O) groups is 2. The minimum Gasteiger partial charge on any atom is -0.494 e. The van der Waals surface area contributed by atoms with E-state index < -0.39 is 0 Å². The van der Waals surface area contributed by atoms with Crippen LogP contribution in [0.4, 0.5) is 5.69 Å². The Morgan fingerprint density at radius 3 is 2.44 bits per heavy atom. The van der Waals surface area contributed by atoms with E-state index in [2.05, 4.69) is 46.2 Å². The quantitative estimate of drug-likeness (QED) is 0.480. The molecule has 2 N–H and O–H groups in total. The highest BCUT2D eigenvalue weighted by Gasteiger charge is 2.10. The third-order valence-electron chi connectivity index (χ3n) is 5.44. The molecule has 0 radical (unpaired) electrons. The summed E-state index contributed by atoms with van der Waals surface area (Å²) in [4.78, 5) is 27.0. The Balaban J connectivity index is 1.53. The number of ether oxygens (including phenoxy) is 1. The molecule has 3 rings (SSSR count). The number of hydrogen-bond donors (Lipinski definition) is 2. The van der Waals surface area contributed by atoms with Crippen LogP contribution in [0.25, 0.3) is 10.9 Å². The Morgan fingerprint density at radius 2 is 1.75 bits per heavy atom. The van der Waals surface area contributed by atoms with E-state index in [0.717, 1.165) is 37.1 Å². The maximum Gasteiger partial charge on any atom is 0.251 e. The second kappa shape index (κ2) is 11.3. The van der Waals surface area contributed by atoms with Crippen LogP contribution in [-0.2, 0) is 11.3 Å². The van der Waals surface area contributed by atoms with Gasteiger partial charge in [-0.3, -0.25) is 9.59 Å². The normalized spacial score (nSPS) is 11.0. The largest absolute Gasteiger partial charge is 0.494 e. The van der Waals surface area contributed by atoms with E-state index in [9.17, 15) is 9.59 Å². The van der Waals surface area contributed by atoms with Gasteiger partial charge in [0.05, 0.1) is 13.2 Å². The highest BCUT2D eigenvalue weighted by Crippen LogP contribution is 2.20. The number of fused-ring (bicyclic) bond motifs is 1. The van der Waals surface area contributed by atoms with Crippen LogP contribution in [0, 0.1) is 0 Å². The van der Waals surface area contributed by atoms with Gasteiger partial charge >= 0.3 is 0 Å². The van der Waals surface area contributed by atoms with Crippen molar-refractivity contribution in [2.45, 2.75) is 27.3 Å². The summed E-state index contributed by atoms with van der Waals surface area (Å²) >= 11 is 0. The summed E-state index contributed by atoms with van der Waals surface area (Å²) in [6.45, 7) is 10.7. The minimum atomic E-state index is -0.302. The molecule has 0 saturated carbocycles. The van der Waals surface area contributed by atoms with Gasteiger partial charge in [-0.2, -0.15) is 0 Å². The van der Waals surface area contributed by atoms with Gasteiger partial charge in [0.2, 0.25) is 5.91 Å². The average molecular weight is 437 g/mol. The number of carbonyl (C=O) groups excluding carboxylic acids is 2. The third-order valence-corrected chi connectivity index (χ3v) is 5.44. The molecule has 1 aromatic heterocycles. The van der Waals surface area contributed by atoms with E-state index in [1.807, 2.05) is 25.1 Å². The molecule has 0 aliphatic rings. The van der Waals surface area contributed by atoms with Gasteiger partial charge in [0.1, 0.15) is 5.75 Å². The highest BCUT2D eigenvalue weighted by molar-refractivity contribution is 6.00. The van der Waals surface area contributed by atoms with Crippen LogP contribution in [0.5, 0.6) is 5.75 Å². The Morgan fingerprint density at radius 1 is 1.00 bits per heavy atom. The van der Waals surface area contributed by atoms with Crippen LogP contribution in [0.15, 0.2) is 54.7 Å². The zero-order valence-electron chi connectivity index (χ0n) is 19.1. The number of amides is 2. The molecule has 7 nitrogen and oxygen atoms in total. The number of likely N-dealkylation sites (N-methyl/N-ethyl adjacent to an activating group) is 1. The molecule has 7 heteroatoms. The van der Waals surface area contributed by atoms with Gasteiger partial charge in [-0.25, -0.2) is 0 Å². The molecular weight excluding hydrogens is 404 g/mol. The molecule has 170 valence electrons. The Labute approximate surface area is 189 Å². The van der Waals surface area contributed by atoms with Crippen molar-refractivity contribution in [2.24, 2.45) is 0 Å². The van der Waals surface area contributed by atoms with Crippen molar-refractivity contribution < 1.29 is 14.3 Å². The Bertz CT molecular complexity index is 1040. The summed E-state index contributed by atoms with van der Waals surface area (Å²) in [5.41, 5.74) is 2.33. The number of rotatable bonds is 11. The number of nitrogens with zero attached hydrogens (tertiary/aromatic N) is 2. The predicted molar refractivity (Wildman–Crippen MR) is 128 cm³/mol. The molecule has 1 heterocycles. The van der Waals surface area contributed by atoms with Crippen LogP contribution in [0.2, 0.25) is 0 Å². The standard InChI is InChI=1S/C25H32N4O3/c1-4-28(5-2)15-16-29-14-13-20-17-21(9-12-23(20)29)27-24(30)18-26-25(31)19-7-10-22(11-8-19)32-6-3/h7-14,17H,4-6,15-16,18H2,1-3H3,(H,26,31)(H,27,30). The first kappa shape index (κ1) is 23.3. The summed E-state index contributed by atoms with van der Waals surface area (Å²) < 4.78 is 7.60. The highest BCUT2D eigenvalue weighted by atomic mass is 16.5. The van der Waals surface area contributed by atoms with E-state index >= 15 is 0 Å². The SMILES string of the molecule is CCOc1ccc(C(=O)NCC(=O)Nc2ccc3c(ccn3CCN(CC)CC)c2)cc1. The maximum atomic E-state index is 12.3. The number of nitrogens with one attached hydrogen (secondary N) is 2. The van der Waals surface area contributed by atoms with Gasteiger partial charge in [0.25, 0.3) is 5.91 Å². The fourth-order valence-corrected chi connectivity index (χ4v) is 3.60. The zero-order valence-corrected chi connectivity index (χ0v) is 19.1. The van der Waals surface area contributed by atoms with Gasteiger partial charge in [0, 0.05) is 41.4 Å². The van der Waals surface area contributed by atoms with Crippen LogP contribution in [0.3, 0.4) is 0 Å². The topological polar surface area (TPSA) is 75.6 Å². The van der Waals surface area contributed by atoms with Crippen molar-refractivity contribution in [1.82, 2.24) is 14.8 Å². The second-order valence-corrected chi connectivity index (χ2v) is 7.50. The lowest BCUT2D eigenvalue weighted by molar-refractivity contribution is -0.115. The lowest BCUT2D eigenvalue weighted by atomic mass is 10.2. The molecule has 32 heavy (non-hydrogen) atoms. The predicted octanol–water partition coefficient (Wildman–Crippen LogP) is 3.75. The first-order valence-corrected chi connectivity index (χ1v) is 11.2.